The Morgan fingerprint density at radius 2 is 1.94 bits per heavy atom. The standard InChI is InChI=1S/C22H31N9O/c1-15-11-20(29-28-15)25-19-14-21(30-7-9-32-10-8-30)27-22(26-19)24-16-12-17-3-4-18(13-16)31(17)6-2-5-23/h11,14,16-18H,2-4,6-10,12-13H2,1H3,(H3,24,25,26,27,28,29). The summed E-state index contributed by atoms with van der Waals surface area (Å²) in [5, 5.41) is 23.2. The lowest BCUT2D eigenvalue weighted by Gasteiger charge is -2.39. The third-order valence-corrected chi connectivity index (χ3v) is 6.71. The molecule has 3 N–H and O–H groups in total. The Morgan fingerprint density at radius 1 is 1.16 bits per heavy atom. The van der Waals surface area contributed by atoms with Crippen LogP contribution in [0, 0.1) is 18.3 Å². The van der Waals surface area contributed by atoms with Gasteiger partial charge in [0.05, 0.1) is 19.3 Å². The second-order valence-corrected chi connectivity index (χ2v) is 8.94. The summed E-state index contributed by atoms with van der Waals surface area (Å²) in [6, 6.07) is 7.67. The molecule has 3 saturated heterocycles. The van der Waals surface area contributed by atoms with E-state index in [1.54, 1.807) is 0 Å². The van der Waals surface area contributed by atoms with Crippen LogP contribution in [0.15, 0.2) is 12.1 Å². The lowest BCUT2D eigenvalue weighted by molar-refractivity contribution is 0.122. The lowest BCUT2D eigenvalue weighted by Crippen LogP contribution is -2.47. The van der Waals surface area contributed by atoms with E-state index in [9.17, 15) is 0 Å². The molecule has 5 rings (SSSR count). The number of piperidine rings is 1. The monoisotopic (exact) mass is 437 g/mol. The molecule has 2 aromatic rings. The van der Waals surface area contributed by atoms with Gasteiger partial charge in [0.25, 0.3) is 0 Å². The summed E-state index contributed by atoms with van der Waals surface area (Å²) in [6.45, 7) is 5.91. The van der Waals surface area contributed by atoms with E-state index in [4.69, 9.17) is 20.0 Å². The van der Waals surface area contributed by atoms with Gasteiger partial charge in [0, 0.05) is 62.0 Å². The van der Waals surface area contributed by atoms with Crippen molar-refractivity contribution in [2.24, 2.45) is 0 Å². The smallest absolute Gasteiger partial charge is 0.226 e. The molecule has 10 nitrogen and oxygen atoms in total. The maximum atomic E-state index is 8.97. The number of nitrogens with zero attached hydrogens (tertiary/aromatic N) is 6. The number of nitrogens with one attached hydrogen (secondary N) is 3. The second-order valence-electron chi connectivity index (χ2n) is 8.94. The molecule has 5 heterocycles. The topological polar surface area (TPSA) is 118 Å². The first-order valence-corrected chi connectivity index (χ1v) is 11.6. The minimum Gasteiger partial charge on any atom is -0.378 e. The van der Waals surface area contributed by atoms with Gasteiger partial charge in [-0.05, 0) is 32.6 Å². The maximum Gasteiger partial charge on any atom is 0.226 e. The molecule has 0 radical (unpaired) electrons. The summed E-state index contributed by atoms with van der Waals surface area (Å²) >= 11 is 0. The molecule has 2 atom stereocenters. The van der Waals surface area contributed by atoms with Crippen molar-refractivity contribution in [2.45, 2.75) is 57.2 Å². The van der Waals surface area contributed by atoms with Crippen LogP contribution in [-0.2, 0) is 4.74 Å². The normalized spacial score (nSPS) is 25.5. The van der Waals surface area contributed by atoms with Crippen LogP contribution in [-0.4, -0.2) is 76.0 Å². The SMILES string of the molecule is Cc1cc(Nc2cc(N3CCOCC3)nc(NC3CC4CCC(C3)N4CCC#N)n2)n[nH]1. The van der Waals surface area contributed by atoms with Crippen molar-refractivity contribution in [2.75, 3.05) is 48.4 Å². The zero-order valence-corrected chi connectivity index (χ0v) is 18.5. The number of morpholine rings is 1. The molecule has 2 unspecified atom stereocenters. The van der Waals surface area contributed by atoms with Crippen molar-refractivity contribution in [1.82, 2.24) is 25.1 Å². The van der Waals surface area contributed by atoms with Crippen LogP contribution in [0.1, 0.15) is 37.8 Å². The Bertz CT molecular complexity index is 951. The Hall–Kier alpha value is -2.90. The van der Waals surface area contributed by atoms with Gasteiger partial charge in [-0.2, -0.15) is 20.3 Å². The lowest BCUT2D eigenvalue weighted by atomic mass is 9.97. The number of aromatic amines is 1. The number of hydrogen-bond donors (Lipinski definition) is 3. The number of rotatable bonds is 7. The summed E-state index contributed by atoms with van der Waals surface area (Å²) in [4.78, 5) is 14.4. The molecule has 0 aliphatic carbocycles. The first kappa shape index (κ1) is 21.0. The van der Waals surface area contributed by atoms with Gasteiger partial charge >= 0.3 is 0 Å². The number of H-pyrrole nitrogens is 1. The van der Waals surface area contributed by atoms with Crippen LogP contribution >= 0.6 is 0 Å². The van der Waals surface area contributed by atoms with E-state index < -0.39 is 0 Å². The number of hydrogen-bond acceptors (Lipinski definition) is 9. The van der Waals surface area contributed by atoms with Crippen molar-refractivity contribution in [3.05, 3.63) is 17.8 Å². The fraction of sp³-hybridized carbons (Fsp3) is 0.636. The number of ether oxygens (including phenoxy) is 1. The minimum absolute atomic E-state index is 0.339. The molecule has 3 aliphatic heterocycles. The molecule has 0 aromatic carbocycles. The minimum atomic E-state index is 0.339. The first-order chi connectivity index (χ1) is 15.7. The largest absolute Gasteiger partial charge is 0.378 e. The second kappa shape index (κ2) is 9.30. The zero-order valence-electron chi connectivity index (χ0n) is 18.5. The summed E-state index contributed by atoms with van der Waals surface area (Å²) in [5.74, 6) is 3.02. The highest BCUT2D eigenvalue weighted by molar-refractivity contribution is 5.59. The van der Waals surface area contributed by atoms with Crippen molar-refractivity contribution >= 4 is 23.4 Å². The van der Waals surface area contributed by atoms with Crippen LogP contribution in [0.5, 0.6) is 0 Å². The maximum absolute atomic E-state index is 8.97. The van der Waals surface area contributed by atoms with E-state index in [0.717, 1.165) is 55.6 Å². The predicted octanol–water partition coefficient (Wildman–Crippen LogP) is 2.41. The molecule has 32 heavy (non-hydrogen) atoms. The Labute approximate surface area is 188 Å². The van der Waals surface area contributed by atoms with E-state index in [1.165, 1.54) is 12.8 Å². The number of fused-ring (bicyclic) bond motifs is 2. The molecule has 3 fully saturated rings. The molecule has 0 spiro atoms. The van der Waals surface area contributed by atoms with Gasteiger partial charge in [-0.3, -0.25) is 10.00 Å². The molecular weight excluding hydrogens is 406 g/mol. The Morgan fingerprint density at radius 3 is 2.62 bits per heavy atom. The highest BCUT2D eigenvalue weighted by Gasteiger charge is 2.40. The van der Waals surface area contributed by atoms with Gasteiger partial charge in [0.15, 0.2) is 5.82 Å². The van der Waals surface area contributed by atoms with Crippen LogP contribution in [0.4, 0.5) is 23.4 Å². The number of anilines is 4. The van der Waals surface area contributed by atoms with E-state index in [1.807, 2.05) is 19.1 Å². The van der Waals surface area contributed by atoms with E-state index in [2.05, 4.69) is 36.7 Å². The zero-order chi connectivity index (χ0) is 21.9. The van der Waals surface area contributed by atoms with Crippen molar-refractivity contribution < 1.29 is 4.74 Å². The molecule has 0 saturated carbocycles. The average Bonchev–Trinajstić information content (AvgIpc) is 3.31. The molecule has 3 aliphatic rings. The van der Waals surface area contributed by atoms with E-state index >= 15 is 0 Å². The highest BCUT2D eigenvalue weighted by Crippen LogP contribution is 2.36. The summed E-state index contributed by atoms with van der Waals surface area (Å²) in [5.41, 5.74) is 0.993. The molecule has 2 aromatic heterocycles. The van der Waals surface area contributed by atoms with Crippen molar-refractivity contribution in [1.29, 1.82) is 5.26 Å². The molecule has 170 valence electrons. The summed E-state index contributed by atoms with van der Waals surface area (Å²) < 4.78 is 5.51. The number of nitriles is 1. The third-order valence-electron chi connectivity index (χ3n) is 6.71. The fourth-order valence-corrected chi connectivity index (χ4v) is 5.25. The van der Waals surface area contributed by atoms with Crippen LogP contribution in [0.3, 0.4) is 0 Å². The summed E-state index contributed by atoms with van der Waals surface area (Å²) in [6.07, 6.45) is 5.17. The van der Waals surface area contributed by atoms with Gasteiger partial charge in [-0.25, -0.2) is 0 Å². The quantitative estimate of drug-likeness (QED) is 0.600. The Kier molecular flexibility index (Phi) is 6.10. The van der Waals surface area contributed by atoms with Gasteiger partial charge in [-0.1, -0.05) is 0 Å². The van der Waals surface area contributed by atoms with E-state index in [-0.39, 0.29) is 0 Å². The van der Waals surface area contributed by atoms with Crippen LogP contribution < -0.4 is 15.5 Å². The van der Waals surface area contributed by atoms with Gasteiger partial charge < -0.3 is 20.3 Å². The number of aryl methyl sites for hydroxylation is 1. The molecule has 2 bridgehead atoms. The van der Waals surface area contributed by atoms with Gasteiger partial charge in [0.1, 0.15) is 11.6 Å². The van der Waals surface area contributed by atoms with Gasteiger partial charge in [-0.15, -0.1) is 0 Å². The number of aromatic nitrogens is 4. The van der Waals surface area contributed by atoms with Crippen LogP contribution in [0.2, 0.25) is 0 Å². The Balaban J connectivity index is 1.33. The van der Waals surface area contributed by atoms with Crippen molar-refractivity contribution in [3.63, 3.8) is 0 Å². The highest BCUT2D eigenvalue weighted by atomic mass is 16.5. The third kappa shape index (κ3) is 4.64. The molecule has 10 heteroatoms. The molecular formula is C22H31N9O. The summed E-state index contributed by atoms with van der Waals surface area (Å²) in [7, 11) is 0. The molecule has 0 amide bonds. The van der Waals surface area contributed by atoms with Crippen molar-refractivity contribution in [3.8, 4) is 6.07 Å². The first-order valence-electron chi connectivity index (χ1n) is 11.6. The van der Waals surface area contributed by atoms with E-state index in [0.29, 0.717) is 43.7 Å². The van der Waals surface area contributed by atoms with Crippen LogP contribution in [0.25, 0.3) is 0 Å². The predicted molar refractivity (Wildman–Crippen MR) is 122 cm³/mol. The average molecular weight is 438 g/mol. The van der Waals surface area contributed by atoms with Gasteiger partial charge in [0.2, 0.25) is 5.95 Å². The fourth-order valence-electron chi connectivity index (χ4n) is 5.25.